The van der Waals surface area contributed by atoms with Crippen LogP contribution in [0.1, 0.15) is 38.7 Å². The fourth-order valence-electron chi connectivity index (χ4n) is 1.80. The SMILES string of the molecule is CCC(=O)Nc1ccc(Nc2ccc(C(C)C)cc2)nn1. The molecular formula is C16H20N4O. The number of anilines is 3. The van der Waals surface area contributed by atoms with Gasteiger partial charge in [0.05, 0.1) is 0 Å². The normalized spacial score (nSPS) is 10.5. The van der Waals surface area contributed by atoms with Gasteiger partial charge in [0, 0.05) is 12.1 Å². The number of hydrogen-bond donors (Lipinski definition) is 2. The monoisotopic (exact) mass is 284 g/mol. The topological polar surface area (TPSA) is 66.9 Å². The Morgan fingerprint density at radius 2 is 1.67 bits per heavy atom. The van der Waals surface area contributed by atoms with Crippen LogP contribution in [0.25, 0.3) is 0 Å². The molecule has 0 aliphatic rings. The van der Waals surface area contributed by atoms with E-state index in [-0.39, 0.29) is 5.91 Å². The lowest BCUT2D eigenvalue weighted by Gasteiger charge is -2.09. The van der Waals surface area contributed by atoms with E-state index < -0.39 is 0 Å². The molecule has 0 aliphatic heterocycles. The molecule has 0 spiro atoms. The lowest BCUT2D eigenvalue weighted by atomic mass is 10.0. The summed E-state index contributed by atoms with van der Waals surface area (Å²) >= 11 is 0. The molecule has 1 amide bonds. The summed E-state index contributed by atoms with van der Waals surface area (Å²) in [6.07, 6.45) is 0.421. The number of rotatable bonds is 5. The molecule has 5 heteroatoms. The molecule has 0 radical (unpaired) electrons. The van der Waals surface area contributed by atoms with Crippen LogP contribution in [0.15, 0.2) is 36.4 Å². The van der Waals surface area contributed by atoms with Crippen LogP contribution in [-0.2, 0) is 4.79 Å². The van der Waals surface area contributed by atoms with Crippen molar-refractivity contribution < 1.29 is 4.79 Å². The number of benzene rings is 1. The Morgan fingerprint density at radius 1 is 1.05 bits per heavy atom. The van der Waals surface area contributed by atoms with Crippen LogP contribution in [0.3, 0.4) is 0 Å². The highest BCUT2D eigenvalue weighted by atomic mass is 16.1. The number of nitrogens with zero attached hydrogens (tertiary/aromatic N) is 2. The quantitative estimate of drug-likeness (QED) is 0.878. The maximum absolute atomic E-state index is 11.2. The smallest absolute Gasteiger partial charge is 0.225 e. The maximum Gasteiger partial charge on any atom is 0.225 e. The maximum atomic E-state index is 11.2. The van der Waals surface area contributed by atoms with E-state index in [1.807, 2.05) is 12.1 Å². The molecule has 5 nitrogen and oxygen atoms in total. The van der Waals surface area contributed by atoms with Crippen LogP contribution in [0.5, 0.6) is 0 Å². The van der Waals surface area contributed by atoms with Gasteiger partial charge in [-0.1, -0.05) is 32.9 Å². The van der Waals surface area contributed by atoms with Gasteiger partial charge in [-0.3, -0.25) is 4.79 Å². The summed E-state index contributed by atoms with van der Waals surface area (Å²) in [5.74, 6) is 1.54. The number of amides is 1. The van der Waals surface area contributed by atoms with E-state index in [1.54, 1.807) is 19.1 Å². The zero-order valence-electron chi connectivity index (χ0n) is 12.6. The molecule has 0 bridgehead atoms. The van der Waals surface area contributed by atoms with Crippen LogP contribution in [-0.4, -0.2) is 16.1 Å². The molecule has 2 aromatic rings. The second-order valence-electron chi connectivity index (χ2n) is 5.11. The first-order chi connectivity index (χ1) is 10.1. The molecule has 0 atom stereocenters. The van der Waals surface area contributed by atoms with Gasteiger partial charge in [0.1, 0.15) is 0 Å². The second-order valence-corrected chi connectivity index (χ2v) is 5.11. The van der Waals surface area contributed by atoms with E-state index in [9.17, 15) is 4.79 Å². The highest BCUT2D eigenvalue weighted by Gasteiger charge is 2.03. The third kappa shape index (κ3) is 4.27. The Kier molecular flexibility index (Phi) is 4.87. The first kappa shape index (κ1) is 15.0. The van der Waals surface area contributed by atoms with Crippen molar-refractivity contribution >= 4 is 23.2 Å². The molecule has 1 heterocycles. The van der Waals surface area contributed by atoms with Crippen molar-refractivity contribution in [1.29, 1.82) is 0 Å². The molecule has 110 valence electrons. The first-order valence-electron chi connectivity index (χ1n) is 7.09. The second kappa shape index (κ2) is 6.83. The third-order valence-corrected chi connectivity index (χ3v) is 3.10. The van der Waals surface area contributed by atoms with Crippen LogP contribution in [0.4, 0.5) is 17.3 Å². The fraction of sp³-hybridized carbons (Fsp3) is 0.312. The predicted octanol–water partition coefficient (Wildman–Crippen LogP) is 3.69. The largest absolute Gasteiger partial charge is 0.339 e. The van der Waals surface area contributed by atoms with Gasteiger partial charge in [0.15, 0.2) is 11.6 Å². The van der Waals surface area contributed by atoms with Crippen LogP contribution in [0.2, 0.25) is 0 Å². The number of aromatic nitrogens is 2. The molecule has 0 unspecified atom stereocenters. The van der Waals surface area contributed by atoms with Crippen molar-refractivity contribution in [2.24, 2.45) is 0 Å². The van der Waals surface area contributed by atoms with Gasteiger partial charge in [-0.25, -0.2) is 0 Å². The molecule has 21 heavy (non-hydrogen) atoms. The minimum absolute atomic E-state index is 0.0747. The summed E-state index contributed by atoms with van der Waals surface area (Å²) in [6, 6.07) is 11.7. The molecule has 0 saturated heterocycles. The average Bonchev–Trinajstić information content (AvgIpc) is 2.49. The summed E-state index contributed by atoms with van der Waals surface area (Å²) < 4.78 is 0. The summed E-state index contributed by atoms with van der Waals surface area (Å²) in [5.41, 5.74) is 2.25. The van der Waals surface area contributed by atoms with Gasteiger partial charge >= 0.3 is 0 Å². The van der Waals surface area contributed by atoms with E-state index in [0.29, 0.717) is 24.0 Å². The molecule has 1 aromatic heterocycles. The van der Waals surface area contributed by atoms with E-state index in [1.165, 1.54) is 5.56 Å². The Labute approximate surface area is 124 Å². The third-order valence-electron chi connectivity index (χ3n) is 3.10. The van der Waals surface area contributed by atoms with Crippen LogP contribution in [0, 0.1) is 0 Å². The van der Waals surface area contributed by atoms with Gasteiger partial charge < -0.3 is 10.6 Å². The van der Waals surface area contributed by atoms with Crippen molar-refractivity contribution in [3.63, 3.8) is 0 Å². The molecule has 0 fully saturated rings. The Morgan fingerprint density at radius 3 is 2.19 bits per heavy atom. The summed E-state index contributed by atoms with van der Waals surface area (Å²) in [4.78, 5) is 11.2. The minimum atomic E-state index is -0.0747. The molecule has 1 aromatic carbocycles. The van der Waals surface area contributed by atoms with Gasteiger partial charge in [-0.05, 0) is 35.7 Å². The van der Waals surface area contributed by atoms with E-state index in [0.717, 1.165) is 5.69 Å². The van der Waals surface area contributed by atoms with Gasteiger partial charge in [0.25, 0.3) is 0 Å². The number of carbonyl (C=O) groups is 1. The van der Waals surface area contributed by atoms with Crippen LogP contribution < -0.4 is 10.6 Å². The first-order valence-corrected chi connectivity index (χ1v) is 7.09. The zero-order chi connectivity index (χ0) is 15.2. The van der Waals surface area contributed by atoms with Crippen molar-refractivity contribution in [1.82, 2.24) is 10.2 Å². The lowest BCUT2D eigenvalue weighted by Crippen LogP contribution is -2.11. The van der Waals surface area contributed by atoms with Gasteiger partial charge in [0.2, 0.25) is 5.91 Å². The Hall–Kier alpha value is -2.43. The van der Waals surface area contributed by atoms with Gasteiger partial charge in [-0.2, -0.15) is 0 Å². The highest BCUT2D eigenvalue weighted by molar-refractivity contribution is 5.89. The number of nitrogens with one attached hydrogen (secondary N) is 2. The minimum Gasteiger partial charge on any atom is -0.339 e. The van der Waals surface area contributed by atoms with Crippen molar-refractivity contribution in [3.8, 4) is 0 Å². The van der Waals surface area contributed by atoms with Crippen molar-refractivity contribution in [2.45, 2.75) is 33.1 Å². The standard InChI is InChI=1S/C16H20N4O/c1-4-16(21)18-15-10-9-14(19-20-15)17-13-7-5-12(6-8-13)11(2)3/h5-11H,4H2,1-3H3,(H,17,19)(H,18,20,21). The van der Waals surface area contributed by atoms with Crippen molar-refractivity contribution in [3.05, 3.63) is 42.0 Å². The number of carbonyl (C=O) groups excluding carboxylic acids is 1. The molecule has 0 saturated carbocycles. The summed E-state index contributed by atoms with van der Waals surface area (Å²) in [7, 11) is 0. The predicted molar refractivity (Wildman–Crippen MR) is 84.8 cm³/mol. The summed E-state index contributed by atoms with van der Waals surface area (Å²) in [5, 5.41) is 13.8. The van der Waals surface area contributed by atoms with Gasteiger partial charge in [-0.15, -0.1) is 10.2 Å². The fourth-order valence-corrected chi connectivity index (χ4v) is 1.80. The Balaban J connectivity index is 2.01. The molecule has 0 aliphatic carbocycles. The summed E-state index contributed by atoms with van der Waals surface area (Å²) in [6.45, 7) is 6.12. The van der Waals surface area contributed by atoms with E-state index in [4.69, 9.17) is 0 Å². The zero-order valence-corrected chi connectivity index (χ0v) is 12.6. The molecule has 2 N–H and O–H groups in total. The van der Waals surface area contributed by atoms with Crippen molar-refractivity contribution in [2.75, 3.05) is 10.6 Å². The lowest BCUT2D eigenvalue weighted by molar-refractivity contribution is -0.115. The highest BCUT2D eigenvalue weighted by Crippen LogP contribution is 2.19. The number of hydrogen-bond acceptors (Lipinski definition) is 4. The molecule has 2 rings (SSSR count). The van der Waals surface area contributed by atoms with Crippen LogP contribution >= 0.6 is 0 Å². The van der Waals surface area contributed by atoms with E-state index >= 15 is 0 Å². The molecular weight excluding hydrogens is 264 g/mol. The average molecular weight is 284 g/mol. The van der Waals surface area contributed by atoms with E-state index in [2.05, 4.69) is 46.8 Å². The Bertz CT molecular complexity index is 591.